The molecule has 140 valence electrons. The van der Waals surface area contributed by atoms with Crippen LogP contribution in [0.5, 0.6) is 0 Å². The second-order valence-electron chi connectivity index (χ2n) is 7.18. The minimum Gasteiger partial charge on any atom is -0.307 e. The van der Waals surface area contributed by atoms with Gasteiger partial charge in [0.1, 0.15) is 5.82 Å². The van der Waals surface area contributed by atoms with E-state index in [2.05, 4.69) is 27.2 Å². The zero-order valence-electron chi connectivity index (χ0n) is 16.1. The standard InChI is InChI=1S/C23H22N4O/c1-16-8-10-20(13-19(16)11-9-17-5-4-12-24-15-17)23(28)25-22-14-21(26-27(22)2)18-6-3-7-18/h4-5,8,10,12-15,18H,3,6-7H2,1-2H3,(H,25,28). The third kappa shape index (κ3) is 3.81. The van der Waals surface area contributed by atoms with Crippen molar-refractivity contribution in [1.29, 1.82) is 0 Å². The first-order chi connectivity index (χ1) is 13.6. The lowest BCUT2D eigenvalue weighted by atomic mass is 9.83. The van der Waals surface area contributed by atoms with Crippen molar-refractivity contribution in [1.82, 2.24) is 14.8 Å². The van der Waals surface area contributed by atoms with Gasteiger partial charge in [0.2, 0.25) is 0 Å². The van der Waals surface area contributed by atoms with Gasteiger partial charge < -0.3 is 5.32 Å². The quantitative estimate of drug-likeness (QED) is 0.708. The van der Waals surface area contributed by atoms with E-state index in [1.54, 1.807) is 17.1 Å². The van der Waals surface area contributed by atoms with Gasteiger partial charge in [-0.05, 0) is 49.6 Å². The highest BCUT2D eigenvalue weighted by molar-refractivity contribution is 6.04. The lowest BCUT2D eigenvalue weighted by molar-refractivity contribution is 0.102. The Kier molecular flexibility index (Phi) is 4.94. The number of amides is 1. The van der Waals surface area contributed by atoms with Crippen molar-refractivity contribution in [2.24, 2.45) is 7.05 Å². The van der Waals surface area contributed by atoms with E-state index in [1.807, 2.05) is 50.4 Å². The highest BCUT2D eigenvalue weighted by Crippen LogP contribution is 2.36. The number of rotatable bonds is 3. The van der Waals surface area contributed by atoms with Crippen molar-refractivity contribution in [3.8, 4) is 11.8 Å². The van der Waals surface area contributed by atoms with Gasteiger partial charge in [0, 0.05) is 48.1 Å². The summed E-state index contributed by atoms with van der Waals surface area (Å²) < 4.78 is 1.74. The number of carbonyl (C=O) groups excluding carboxylic acids is 1. The second kappa shape index (κ2) is 7.69. The fourth-order valence-corrected chi connectivity index (χ4v) is 3.17. The maximum absolute atomic E-state index is 12.8. The van der Waals surface area contributed by atoms with Crippen LogP contribution in [0.4, 0.5) is 5.82 Å². The zero-order valence-corrected chi connectivity index (χ0v) is 16.1. The molecular weight excluding hydrogens is 348 g/mol. The fraction of sp³-hybridized carbons (Fsp3) is 0.261. The molecule has 0 saturated heterocycles. The molecule has 1 aliphatic rings. The molecule has 0 spiro atoms. The van der Waals surface area contributed by atoms with Crippen LogP contribution in [-0.2, 0) is 7.05 Å². The van der Waals surface area contributed by atoms with Gasteiger partial charge in [-0.2, -0.15) is 5.10 Å². The van der Waals surface area contributed by atoms with Gasteiger partial charge in [0.15, 0.2) is 0 Å². The number of carbonyl (C=O) groups is 1. The third-order valence-electron chi connectivity index (χ3n) is 5.17. The molecule has 1 aromatic carbocycles. The summed E-state index contributed by atoms with van der Waals surface area (Å²) in [6.07, 6.45) is 7.06. The summed E-state index contributed by atoms with van der Waals surface area (Å²) in [5.74, 6) is 7.33. The molecule has 3 aromatic rings. The number of benzene rings is 1. The molecule has 0 bridgehead atoms. The number of aromatic nitrogens is 3. The Morgan fingerprint density at radius 3 is 2.79 bits per heavy atom. The van der Waals surface area contributed by atoms with Crippen LogP contribution >= 0.6 is 0 Å². The van der Waals surface area contributed by atoms with Gasteiger partial charge in [-0.25, -0.2) is 0 Å². The molecule has 0 aliphatic heterocycles. The van der Waals surface area contributed by atoms with E-state index < -0.39 is 0 Å². The van der Waals surface area contributed by atoms with Gasteiger partial charge >= 0.3 is 0 Å². The predicted molar refractivity (Wildman–Crippen MR) is 109 cm³/mol. The molecule has 1 fully saturated rings. The van der Waals surface area contributed by atoms with Crippen molar-refractivity contribution < 1.29 is 4.79 Å². The summed E-state index contributed by atoms with van der Waals surface area (Å²) >= 11 is 0. The molecule has 0 atom stereocenters. The summed E-state index contributed by atoms with van der Waals surface area (Å²) in [5, 5.41) is 7.52. The van der Waals surface area contributed by atoms with E-state index in [0.717, 1.165) is 28.2 Å². The van der Waals surface area contributed by atoms with E-state index in [-0.39, 0.29) is 5.91 Å². The SMILES string of the molecule is Cc1ccc(C(=O)Nc2cc(C3CCC3)nn2C)cc1C#Cc1cccnc1. The Bertz CT molecular complexity index is 1070. The molecule has 28 heavy (non-hydrogen) atoms. The van der Waals surface area contributed by atoms with Gasteiger partial charge in [0.05, 0.1) is 5.69 Å². The fourth-order valence-electron chi connectivity index (χ4n) is 3.17. The van der Waals surface area contributed by atoms with Crippen LogP contribution in [0, 0.1) is 18.8 Å². The molecule has 1 amide bonds. The third-order valence-corrected chi connectivity index (χ3v) is 5.17. The van der Waals surface area contributed by atoms with Crippen LogP contribution in [0.25, 0.3) is 0 Å². The van der Waals surface area contributed by atoms with Crippen LogP contribution in [-0.4, -0.2) is 20.7 Å². The van der Waals surface area contributed by atoms with Crippen LogP contribution < -0.4 is 5.32 Å². The second-order valence-corrected chi connectivity index (χ2v) is 7.18. The maximum atomic E-state index is 12.8. The number of aryl methyl sites for hydroxylation is 2. The van der Waals surface area contributed by atoms with Gasteiger partial charge in [-0.15, -0.1) is 0 Å². The lowest BCUT2D eigenvalue weighted by Crippen LogP contribution is -2.14. The number of anilines is 1. The van der Waals surface area contributed by atoms with E-state index in [4.69, 9.17) is 0 Å². The normalized spacial score (nSPS) is 13.4. The van der Waals surface area contributed by atoms with Gasteiger partial charge in [-0.1, -0.05) is 24.3 Å². The van der Waals surface area contributed by atoms with Gasteiger partial charge in [-0.3, -0.25) is 14.5 Å². The summed E-state index contributed by atoms with van der Waals surface area (Å²) in [7, 11) is 1.86. The van der Waals surface area contributed by atoms with E-state index >= 15 is 0 Å². The molecule has 0 unspecified atom stereocenters. The molecule has 0 radical (unpaired) electrons. The average molecular weight is 370 g/mol. The summed E-state index contributed by atoms with van der Waals surface area (Å²) in [6.45, 7) is 1.99. The number of nitrogens with one attached hydrogen (secondary N) is 1. The maximum Gasteiger partial charge on any atom is 0.256 e. The zero-order chi connectivity index (χ0) is 19.5. The predicted octanol–water partition coefficient (Wildman–Crippen LogP) is 4.04. The van der Waals surface area contributed by atoms with E-state index in [1.165, 1.54) is 19.3 Å². The number of nitrogens with zero attached hydrogens (tertiary/aromatic N) is 3. The Morgan fingerprint density at radius 1 is 1.21 bits per heavy atom. The number of hydrogen-bond acceptors (Lipinski definition) is 3. The summed E-state index contributed by atoms with van der Waals surface area (Å²) in [4.78, 5) is 16.8. The molecule has 1 aliphatic carbocycles. The van der Waals surface area contributed by atoms with Crippen molar-refractivity contribution in [2.45, 2.75) is 32.1 Å². The Labute approximate surface area is 164 Å². The monoisotopic (exact) mass is 370 g/mol. The molecule has 2 heterocycles. The highest BCUT2D eigenvalue weighted by atomic mass is 16.1. The Balaban J connectivity index is 1.53. The average Bonchev–Trinajstić information content (AvgIpc) is 3.00. The number of pyridine rings is 1. The van der Waals surface area contributed by atoms with E-state index in [9.17, 15) is 4.79 Å². The minimum atomic E-state index is -0.160. The Hall–Kier alpha value is -3.39. The topological polar surface area (TPSA) is 59.8 Å². The molecule has 5 nitrogen and oxygen atoms in total. The summed E-state index contributed by atoms with van der Waals surface area (Å²) in [6, 6.07) is 11.3. The van der Waals surface area contributed by atoms with E-state index in [0.29, 0.717) is 11.5 Å². The van der Waals surface area contributed by atoms with Crippen LogP contribution in [0.1, 0.15) is 57.9 Å². The largest absolute Gasteiger partial charge is 0.307 e. The molecule has 2 aromatic heterocycles. The van der Waals surface area contributed by atoms with Crippen LogP contribution in [0.15, 0.2) is 48.8 Å². The minimum absolute atomic E-state index is 0.160. The first-order valence-electron chi connectivity index (χ1n) is 9.48. The Morgan fingerprint density at radius 2 is 2.07 bits per heavy atom. The smallest absolute Gasteiger partial charge is 0.256 e. The molecular formula is C23H22N4O. The molecule has 1 N–H and O–H groups in total. The lowest BCUT2D eigenvalue weighted by Gasteiger charge is -2.22. The summed E-state index contributed by atoms with van der Waals surface area (Å²) in [5.41, 5.74) is 4.34. The van der Waals surface area contributed by atoms with Crippen LogP contribution in [0.2, 0.25) is 0 Å². The van der Waals surface area contributed by atoms with Crippen molar-refractivity contribution in [3.05, 3.63) is 76.7 Å². The first-order valence-corrected chi connectivity index (χ1v) is 9.48. The van der Waals surface area contributed by atoms with Crippen LogP contribution in [0.3, 0.4) is 0 Å². The number of hydrogen-bond donors (Lipinski definition) is 1. The highest BCUT2D eigenvalue weighted by Gasteiger charge is 2.23. The van der Waals surface area contributed by atoms with Crippen molar-refractivity contribution >= 4 is 11.7 Å². The molecule has 5 heteroatoms. The molecule has 4 rings (SSSR count). The van der Waals surface area contributed by atoms with Crippen molar-refractivity contribution in [3.63, 3.8) is 0 Å². The van der Waals surface area contributed by atoms with Crippen molar-refractivity contribution in [2.75, 3.05) is 5.32 Å². The first kappa shape index (κ1) is 18.0. The molecule has 1 saturated carbocycles. The van der Waals surface area contributed by atoms with Gasteiger partial charge in [0.25, 0.3) is 5.91 Å².